The zero-order valence-electron chi connectivity index (χ0n) is 9.24. The van der Waals surface area contributed by atoms with E-state index in [1.165, 1.54) is 0 Å². The van der Waals surface area contributed by atoms with E-state index >= 15 is 0 Å². The van der Waals surface area contributed by atoms with Gasteiger partial charge in [-0.15, -0.1) is 0 Å². The van der Waals surface area contributed by atoms with Crippen LogP contribution in [0.15, 0.2) is 18.2 Å². The van der Waals surface area contributed by atoms with E-state index in [9.17, 15) is 0 Å². The van der Waals surface area contributed by atoms with Crippen LogP contribution in [0.5, 0.6) is 5.75 Å². The van der Waals surface area contributed by atoms with Gasteiger partial charge < -0.3 is 19.9 Å². The molecule has 0 atom stereocenters. The molecule has 0 saturated heterocycles. The molecule has 1 aromatic carbocycles. The summed E-state index contributed by atoms with van der Waals surface area (Å²) in [6, 6.07) is 5.14. The lowest BCUT2D eigenvalue weighted by molar-refractivity contribution is 0.0544. The van der Waals surface area contributed by atoms with Gasteiger partial charge in [0.05, 0.1) is 24.8 Å². The Morgan fingerprint density at radius 2 is 1.94 bits per heavy atom. The third-order valence-electron chi connectivity index (χ3n) is 1.87. The molecule has 16 heavy (non-hydrogen) atoms. The van der Waals surface area contributed by atoms with E-state index in [0.717, 1.165) is 0 Å². The van der Waals surface area contributed by atoms with E-state index in [1.807, 2.05) is 0 Å². The van der Waals surface area contributed by atoms with E-state index < -0.39 is 0 Å². The first-order valence-corrected chi connectivity index (χ1v) is 5.36. The minimum absolute atomic E-state index is 0.452. The van der Waals surface area contributed by atoms with Crippen LogP contribution in [0.2, 0.25) is 5.02 Å². The van der Waals surface area contributed by atoms with Gasteiger partial charge in [0.1, 0.15) is 12.4 Å². The average Bonchev–Trinajstić information content (AvgIpc) is 2.26. The van der Waals surface area contributed by atoms with Crippen molar-refractivity contribution in [1.82, 2.24) is 0 Å². The molecule has 0 amide bonds. The lowest BCUT2D eigenvalue weighted by atomic mass is 10.3. The summed E-state index contributed by atoms with van der Waals surface area (Å²) in [6.45, 7) is 2.11. The summed E-state index contributed by atoms with van der Waals surface area (Å²) < 4.78 is 15.5. The molecule has 2 N–H and O–H groups in total. The number of hydrogen-bond donors (Lipinski definition) is 1. The van der Waals surface area contributed by atoms with Crippen molar-refractivity contribution >= 4 is 17.3 Å². The first-order chi connectivity index (χ1) is 7.74. The molecule has 0 aliphatic carbocycles. The average molecular weight is 246 g/mol. The molecule has 0 bridgehead atoms. The van der Waals surface area contributed by atoms with Crippen LogP contribution in [0.1, 0.15) is 0 Å². The fourth-order valence-electron chi connectivity index (χ4n) is 1.09. The van der Waals surface area contributed by atoms with Gasteiger partial charge in [-0.2, -0.15) is 0 Å². The van der Waals surface area contributed by atoms with Crippen molar-refractivity contribution in [2.45, 2.75) is 0 Å². The maximum Gasteiger partial charge on any atom is 0.138 e. The molecule has 1 aromatic rings. The highest BCUT2D eigenvalue weighted by molar-refractivity contribution is 6.32. The minimum atomic E-state index is 0.452. The lowest BCUT2D eigenvalue weighted by Gasteiger charge is -2.08. The molecule has 0 unspecified atom stereocenters. The molecule has 0 radical (unpaired) electrons. The number of rotatable bonds is 7. The minimum Gasteiger partial charge on any atom is -0.490 e. The highest BCUT2D eigenvalue weighted by Gasteiger charge is 2.01. The maximum absolute atomic E-state index is 5.93. The van der Waals surface area contributed by atoms with E-state index in [2.05, 4.69) is 0 Å². The molecule has 0 heterocycles. The number of nitrogens with two attached hydrogens (primary N) is 1. The van der Waals surface area contributed by atoms with Gasteiger partial charge >= 0.3 is 0 Å². The van der Waals surface area contributed by atoms with Crippen molar-refractivity contribution < 1.29 is 14.2 Å². The Bertz CT molecular complexity index is 320. The van der Waals surface area contributed by atoms with Crippen LogP contribution < -0.4 is 10.5 Å². The number of nitrogen functional groups attached to an aromatic ring is 1. The summed E-state index contributed by atoms with van der Waals surface area (Å²) in [5.41, 5.74) is 6.18. The zero-order valence-corrected chi connectivity index (χ0v) is 10.00. The predicted molar refractivity (Wildman–Crippen MR) is 64.1 cm³/mol. The summed E-state index contributed by atoms with van der Waals surface area (Å²) in [7, 11) is 1.63. The van der Waals surface area contributed by atoms with Crippen molar-refractivity contribution in [1.29, 1.82) is 0 Å². The van der Waals surface area contributed by atoms with Crippen molar-refractivity contribution in [3.63, 3.8) is 0 Å². The number of hydrogen-bond acceptors (Lipinski definition) is 4. The second kappa shape index (κ2) is 7.33. The van der Waals surface area contributed by atoms with E-state index in [-0.39, 0.29) is 0 Å². The lowest BCUT2D eigenvalue weighted by Crippen LogP contribution is -2.10. The Morgan fingerprint density at radius 1 is 1.19 bits per heavy atom. The van der Waals surface area contributed by atoms with Gasteiger partial charge in [-0.3, -0.25) is 0 Å². The molecule has 0 spiro atoms. The Kier molecular flexibility index (Phi) is 6.00. The van der Waals surface area contributed by atoms with Crippen LogP contribution in [0.25, 0.3) is 0 Å². The van der Waals surface area contributed by atoms with Crippen LogP contribution in [-0.2, 0) is 9.47 Å². The largest absolute Gasteiger partial charge is 0.490 e. The van der Waals surface area contributed by atoms with Gasteiger partial charge in [-0.25, -0.2) is 0 Å². The number of halogens is 1. The third kappa shape index (κ3) is 4.70. The zero-order chi connectivity index (χ0) is 11.8. The first-order valence-electron chi connectivity index (χ1n) is 4.98. The fraction of sp³-hybridized carbons (Fsp3) is 0.455. The smallest absolute Gasteiger partial charge is 0.138 e. The number of methoxy groups -OCH3 is 1. The summed E-state index contributed by atoms with van der Waals surface area (Å²) in [4.78, 5) is 0. The molecule has 4 nitrogen and oxygen atoms in total. The SMILES string of the molecule is COCCOCCOc1ccc(N)cc1Cl. The molecule has 0 fully saturated rings. The number of ether oxygens (including phenoxy) is 3. The molecule has 90 valence electrons. The normalized spacial score (nSPS) is 10.4. The summed E-state index contributed by atoms with van der Waals surface area (Å²) in [5, 5.41) is 0.511. The molecule has 1 rings (SSSR count). The molecule has 0 aliphatic heterocycles. The molecule has 0 aliphatic rings. The highest BCUT2D eigenvalue weighted by Crippen LogP contribution is 2.26. The Hall–Kier alpha value is -0.970. The second-order valence-corrected chi connectivity index (χ2v) is 3.55. The number of anilines is 1. The molecular weight excluding hydrogens is 230 g/mol. The molecular formula is C11H16ClNO3. The maximum atomic E-state index is 5.93. The molecule has 0 saturated carbocycles. The van der Waals surface area contributed by atoms with E-state index in [1.54, 1.807) is 25.3 Å². The van der Waals surface area contributed by atoms with Gasteiger partial charge in [0.25, 0.3) is 0 Å². The monoisotopic (exact) mass is 245 g/mol. The van der Waals surface area contributed by atoms with Gasteiger partial charge in [-0.1, -0.05) is 11.6 Å². The van der Waals surface area contributed by atoms with Crippen LogP contribution in [-0.4, -0.2) is 33.5 Å². The quantitative estimate of drug-likeness (QED) is 0.589. The van der Waals surface area contributed by atoms with Crippen LogP contribution in [0, 0.1) is 0 Å². The topological polar surface area (TPSA) is 53.7 Å². The Labute approximate surface area is 100 Å². The van der Waals surface area contributed by atoms with Crippen molar-refractivity contribution in [3.8, 4) is 5.75 Å². The van der Waals surface area contributed by atoms with Gasteiger partial charge in [0.15, 0.2) is 0 Å². The summed E-state index contributed by atoms with van der Waals surface area (Å²) in [5.74, 6) is 0.617. The predicted octanol–water partition coefficient (Wildman–Crippen LogP) is 1.96. The summed E-state index contributed by atoms with van der Waals surface area (Å²) in [6.07, 6.45) is 0. The van der Waals surface area contributed by atoms with Crippen LogP contribution in [0.3, 0.4) is 0 Å². The molecule has 0 aromatic heterocycles. The van der Waals surface area contributed by atoms with Crippen LogP contribution in [0.4, 0.5) is 5.69 Å². The van der Waals surface area contributed by atoms with Crippen molar-refractivity contribution in [2.75, 3.05) is 39.3 Å². The van der Waals surface area contributed by atoms with Gasteiger partial charge in [-0.05, 0) is 18.2 Å². The standard InChI is InChI=1S/C11H16ClNO3/c1-14-4-5-15-6-7-16-11-3-2-9(13)8-10(11)12/h2-3,8H,4-7,13H2,1H3. The van der Waals surface area contributed by atoms with E-state index in [4.69, 9.17) is 31.5 Å². The van der Waals surface area contributed by atoms with Crippen molar-refractivity contribution in [2.24, 2.45) is 0 Å². The van der Waals surface area contributed by atoms with Crippen molar-refractivity contribution in [3.05, 3.63) is 23.2 Å². The first kappa shape index (κ1) is 13.1. The summed E-state index contributed by atoms with van der Waals surface area (Å²) >= 11 is 5.93. The third-order valence-corrected chi connectivity index (χ3v) is 2.17. The van der Waals surface area contributed by atoms with E-state index in [0.29, 0.717) is 42.9 Å². The fourth-order valence-corrected chi connectivity index (χ4v) is 1.33. The second-order valence-electron chi connectivity index (χ2n) is 3.14. The number of benzene rings is 1. The Morgan fingerprint density at radius 3 is 2.62 bits per heavy atom. The molecule has 5 heteroatoms. The Balaban J connectivity index is 2.21. The van der Waals surface area contributed by atoms with Gasteiger partial charge in [0.2, 0.25) is 0 Å². The highest BCUT2D eigenvalue weighted by atomic mass is 35.5. The van der Waals surface area contributed by atoms with Crippen LogP contribution >= 0.6 is 11.6 Å². The van der Waals surface area contributed by atoms with Gasteiger partial charge in [0, 0.05) is 12.8 Å².